The summed E-state index contributed by atoms with van der Waals surface area (Å²) in [5.74, 6) is 0.0966. The van der Waals surface area contributed by atoms with E-state index in [0.717, 1.165) is 12.0 Å². The van der Waals surface area contributed by atoms with Crippen molar-refractivity contribution in [3.05, 3.63) is 53.1 Å². The summed E-state index contributed by atoms with van der Waals surface area (Å²) in [5, 5.41) is 0. The molecule has 144 valence electrons. The molecule has 0 radical (unpaired) electrons. The summed E-state index contributed by atoms with van der Waals surface area (Å²) in [6, 6.07) is 10.3. The number of Topliss-reactive ketones (excluding diaryl/α,β-unsaturated/α-hetero) is 1. The van der Waals surface area contributed by atoms with E-state index in [9.17, 15) is 9.59 Å². The van der Waals surface area contributed by atoms with Gasteiger partial charge in [-0.2, -0.15) is 0 Å². The lowest BCUT2D eigenvalue weighted by Gasteiger charge is -2.16. The van der Waals surface area contributed by atoms with E-state index in [1.807, 2.05) is 19.1 Å². The normalized spacial score (nSPS) is 11.4. The Kier molecular flexibility index (Phi) is 6.82. The molecule has 0 spiro atoms. The van der Waals surface area contributed by atoms with Crippen LogP contribution in [0.1, 0.15) is 40.1 Å². The number of hydrogen-bond donors (Lipinski definition) is 0. The van der Waals surface area contributed by atoms with Gasteiger partial charge in [0.2, 0.25) is 5.78 Å². The van der Waals surface area contributed by atoms with Crippen molar-refractivity contribution in [3.63, 3.8) is 0 Å². The van der Waals surface area contributed by atoms with Gasteiger partial charge in [0.1, 0.15) is 11.3 Å². The minimum absolute atomic E-state index is 0.149. The molecule has 0 aromatic heterocycles. The number of methoxy groups -OCH3 is 3. The molecule has 2 aromatic rings. The van der Waals surface area contributed by atoms with Crippen LogP contribution in [-0.4, -0.2) is 39.2 Å². The topological polar surface area (TPSA) is 71.1 Å². The van der Waals surface area contributed by atoms with Crippen molar-refractivity contribution in [2.75, 3.05) is 21.3 Å². The second-order valence-electron chi connectivity index (χ2n) is 5.87. The van der Waals surface area contributed by atoms with Crippen LogP contribution in [0.15, 0.2) is 36.4 Å². The molecule has 0 heterocycles. The predicted octanol–water partition coefficient (Wildman–Crippen LogP) is 3.70. The number of ketones is 1. The third-order valence-electron chi connectivity index (χ3n) is 4.23. The Hall–Kier alpha value is -3.02. The zero-order valence-electron chi connectivity index (χ0n) is 16.2. The zero-order chi connectivity index (χ0) is 20.0. The highest BCUT2D eigenvalue weighted by Gasteiger charge is 2.24. The second kappa shape index (κ2) is 9.07. The Labute approximate surface area is 159 Å². The number of carbonyl (C=O) groups excluding carboxylic acids is 2. The van der Waals surface area contributed by atoms with Crippen LogP contribution >= 0.6 is 0 Å². The van der Waals surface area contributed by atoms with E-state index in [1.54, 1.807) is 19.1 Å². The standard InChI is InChI=1S/C21H24O6/c1-6-14-7-9-15(10-8-14)20(22)13(2)27-21(23)16-11-18(25-4)19(26-5)12-17(16)24-3/h7-13H,6H2,1-5H3/t13-/m0/s1. The average Bonchev–Trinajstić information content (AvgIpc) is 2.71. The summed E-state index contributed by atoms with van der Waals surface area (Å²) in [4.78, 5) is 25.1. The number of hydrogen-bond acceptors (Lipinski definition) is 6. The third-order valence-corrected chi connectivity index (χ3v) is 4.23. The number of esters is 1. The first kappa shape index (κ1) is 20.3. The van der Waals surface area contributed by atoms with Gasteiger partial charge in [-0.1, -0.05) is 31.2 Å². The molecule has 1 atom stereocenters. The summed E-state index contributed by atoms with van der Waals surface area (Å²) in [6.45, 7) is 3.58. The molecular weight excluding hydrogens is 348 g/mol. The SMILES string of the molecule is CCc1ccc(C(=O)[C@H](C)OC(=O)c2cc(OC)c(OC)cc2OC)cc1. The molecule has 0 saturated heterocycles. The molecule has 0 aliphatic rings. The Morgan fingerprint density at radius 3 is 1.96 bits per heavy atom. The van der Waals surface area contributed by atoms with Crippen molar-refractivity contribution in [1.82, 2.24) is 0 Å². The number of ether oxygens (including phenoxy) is 4. The van der Waals surface area contributed by atoms with Crippen LogP contribution < -0.4 is 14.2 Å². The van der Waals surface area contributed by atoms with Gasteiger partial charge in [-0.3, -0.25) is 4.79 Å². The number of carbonyl (C=O) groups is 2. The maximum atomic E-state index is 12.6. The molecule has 0 saturated carbocycles. The van der Waals surface area contributed by atoms with Crippen LogP contribution in [0.3, 0.4) is 0 Å². The van der Waals surface area contributed by atoms with Crippen LogP contribution in [0.2, 0.25) is 0 Å². The van der Waals surface area contributed by atoms with E-state index >= 15 is 0 Å². The maximum absolute atomic E-state index is 12.6. The number of benzene rings is 2. The van der Waals surface area contributed by atoms with Gasteiger partial charge in [0.15, 0.2) is 17.6 Å². The van der Waals surface area contributed by atoms with Crippen molar-refractivity contribution < 1.29 is 28.5 Å². The van der Waals surface area contributed by atoms with Crippen molar-refractivity contribution in [2.24, 2.45) is 0 Å². The Morgan fingerprint density at radius 2 is 1.44 bits per heavy atom. The first-order chi connectivity index (χ1) is 12.9. The maximum Gasteiger partial charge on any atom is 0.342 e. The largest absolute Gasteiger partial charge is 0.496 e. The fraction of sp³-hybridized carbons (Fsp3) is 0.333. The fourth-order valence-corrected chi connectivity index (χ4v) is 2.61. The van der Waals surface area contributed by atoms with E-state index in [4.69, 9.17) is 18.9 Å². The molecule has 0 bridgehead atoms. The molecule has 0 aliphatic carbocycles. The van der Waals surface area contributed by atoms with Crippen LogP contribution in [0.25, 0.3) is 0 Å². The minimum Gasteiger partial charge on any atom is -0.496 e. The average molecular weight is 372 g/mol. The molecule has 6 heteroatoms. The lowest BCUT2D eigenvalue weighted by atomic mass is 10.0. The Balaban J connectivity index is 2.21. The van der Waals surface area contributed by atoms with Crippen molar-refractivity contribution in [2.45, 2.75) is 26.4 Å². The fourth-order valence-electron chi connectivity index (χ4n) is 2.61. The van der Waals surface area contributed by atoms with Gasteiger partial charge >= 0.3 is 5.97 Å². The van der Waals surface area contributed by atoms with Crippen LogP contribution in [0.4, 0.5) is 0 Å². The summed E-state index contributed by atoms with van der Waals surface area (Å²) in [6.07, 6.45) is -0.0549. The van der Waals surface area contributed by atoms with Gasteiger partial charge < -0.3 is 18.9 Å². The Morgan fingerprint density at radius 1 is 0.889 bits per heavy atom. The minimum atomic E-state index is -0.942. The molecule has 2 rings (SSSR count). The van der Waals surface area contributed by atoms with Gasteiger partial charge in [-0.05, 0) is 18.9 Å². The van der Waals surface area contributed by atoms with Crippen molar-refractivity contribution in [3.8, 4) is 17.2 Å². The van der Waals surface area contributed by atoms with E-state index in [1.165, 1.54) is 33.5 Å². The number of aryl methyl sites for hydroxylation is 1. The second-order valence-corrected chi connectivity index (χ2v) is 5.87. The molecule has 0 aliphatic heterocycles. The molecule has 2 aromatic carbocycles. The van der Waals surface area contributed by atoms with Crippen molar-refractivity contribution in [1.29, 1.82) is 0 Å². The van der Waals surface area contributed by atoms with E-state index in [0.29, 0.717) is 17.1 Å². The molecule has 6 nitrogen and oxygen atoms in total. The highest BCUT2D eigenvalue weighted by molar-refractivity contribution is 6.02. The molecule has 0 N–H and O–H groups in total. The molecule has 0 amide bonds. The highest BCUT2D eigenvalue weighted by atomic mass is 16.5. The molecule has 0 unspecified atom stereocenters. The van der Waals surface area contributed by atoms with Gasteiger partial charge in [0.05, 0.1) is 21.3 Å². The van der Waals surface area contributed by atoms with E-state index in [2.05, 4.69) is 0 Å². The van der Waals surface area contributed by atoms with Crippen molar-refractivity contribution >= 4 is 11.8 Å². The van der Waals surface area contributed by atoms with Gasteiger partial charge in [0.25, 0.3) is 0 Å². The summed E-state index contributed by atoms with van der Waals surface area (Å²) in [5.41, 5.74) is 1.77. The lowest BCUT2D eigenvalue weighted by Crippen LogP contribution is -2.24. The van der Waals surface area contributed by atoms with E-state index in [-0.39, 0.29) is 17.1 Å². The number of rotatable bonds is 8. The Bertz CT molecular complexity index is 810. The van der Waals surface area contributed by atoms with Crippen LogP contribution in [-0.2, 0) is 11.2 Å². The summed E-state index contributed by atoms with van der Waals surface area (Å²) in [7, 11) is 4.38. The van der Waals surface area contributed by atoms with E-state index < -0.39 is 12.1 Å². The van der Waals surface area contributed by atoms with Gasteiger partial charge in [0, 0.05) is 17.7 Å². The first-order valence-corrected chi connectivity index (χ1v) is 8.59. The molecule has 0 fully saturated rings. The summed E-state index contributed by atoms with van der Waals surface area (Å²) < 4.78 is 21.0. The zero-order valence-corrected chi connectivity index (χ0v) is 16.2. The third kappa shape index (κ3) is 4.58. The monoisotopic (exact) mass is 372 g/mol. The quantitative estimate of drug-likeness (QED) is 0.520. The van der Waals surface area contributed by atoms with Crippen LogP contribution in [0.5, 0.6) is 17.2 Å². The van der Waals surface area contributed by atoms with Gasteiger partial charge in [-0.25, -0.2) is 4.79 Å². The highest BCUT2D eigenvalue weighted by Crippen LogP contribution is 2.35. The lowest BCUT2D eigenvalue weighted by molar-refractivity contribution is 0.0315. The smallest absolute Gasteiger partial charge is 0.342 e. The molecular formula is C21H24O6. The summed E-state index contributed by atoms with van der Waals surface area (Å²) >= 11 is 0. The van der Waals surface area contributed by atoms with Crippen LogP contribution in [0, 0.1) is 0 Å². The predicted molar refractivity (Wildman–Crippen MR) is 101 cm³/mol. The first-order valence-electron chi connectivity index (χ1n) is 8.59. The molecule has 27 heavy (non-hydrogen) atoms. The van der Waals surface area contributed by atoms with Gasteiger partial charge in [-0.15, -0.1) is 0 Å².